The van der Waals surface area contributed by atoms with Crippen LogP contribution < -0.4 is 5.32 Å². The summed E-state index contributed by atoms with van der Waals surface area (Å²) in [6.07, 6.45) is 0.724. The molecule has 0 aromatic heterocycles. The molecule has 0 fully saturated rings. The highest BCUT2D eigenvalue weighted by Gasteiger charge is 2.24. The van der Waals surface area contributed by atoms with E-state index < -0.39 is 11.6 Å². The van der Waals surface area contributed by atoms with Crippen molar-refractivity contribution >= 4 is 17.3 Å². The van der Waals surface area contributed by atoms with Gasteiger partial charge in [0.1, 0.15) is 0 Å². The Bertz CT molecular complexity index is 655. The van der Waals surface area contributed by atoms with Crippen LogP contribution in [-0.4, -0.2) is 0 Å². The number of hydrogen-bond acceptors (Lipinski definition) is 1. The molecule has 1 nitrogen and oxygen atoms in total. The number of benzene rings is 2. The average molecular weight is 280 g/mol. The first-order valence-electron chi connectivity index (χ1n) is 6.05. The largest absolute Gasteiger partial charge is 0.377 e. The summed E-state index contributed by atoms with van der Waals surface area (Å²) in [5.74, 6) is -1.64. The fraction of sp³-hybridized carbons (Fsp3) is 0.200. The molecule has 1 heterocycles. The number of aryl methyl sites for hydroxylation is 1. The van der Waals surface area contributed by atoms with Crippen molar-refractivity contribution in [1.82, 2.24) is 0 Å². The smallest absolute Gasteiger partial charge is 0.159 e. The predicted octanol–water partition coefficient (Wildman–Crippen LogP) is 4.64. The number of rotatable bonds is 1. The Morgan fingerprint density at radius 2 is 1.95 bits per heavy atom. The van der Waals surface area contributed by atoms with E-state index in [1.807, 2.05) is 19.1 Å². The zero-order valence-electron chi connectivity index (χ0n) is 10.3. The maximum Gasteiger partial charge on any atom is 0.159 e. The monoisotopic (exact) mass is 279 g/mol. The molecule has 0 spiro atoms. The molecule has 1 aliphatic heterocycles. The van der Waals surface area contributed by atoms with Gasteiger partial charge in [-0.25, -0.2) is 8.78 Å². The van der Waals surface area contributed by atoms with Crippen LogP contribution in [0, 0.1) is 18.6 Å². The van der Waals surface area contributed by atoms with E-state index in [9.17, 15) is 8.78 Å². The second-order valence-corrected chi connectivity index (χ2v) is 5.27. The summed E-state index contributed by atoms with van der Waals surface area (Å²) in [5.41, 5.74) is 3.96. The lowest BCUT2D eigenvalue weighted by Gasteiger charge is -2.12. The Kier molecular flexibility index (Phi) is 2.94. The minimum absolute atomic E-state index is 0.0396. The number of fused-ring (bicyclic) bond motifs is 1. The summed E-state index contributed by atoms with van der Waals surface area (Å²) in [6.45, 7) is 1.98. The van der Waals surface area contributed by atoms with Gasteiger partial charge in [-0.3, -0.25) is 0 Å². The van der Waals surface area contributed by atoms with Gasteiger partial charge >= 0.3 is 0 Å². The van der Waals surface area contributed by atoms with Gasteiger partial charge in [-0.1, -0.05) is 17.7 Å². The summed E-state index contributed by atoms with van der Waals surface area (Å²) in [6, 6.07) is 7.78. The second-order valence-electron chi connectivity index (χ2n) is 4.83. The molecule has 1 unspecified atom stereocenters. The number of nitrogens with one attached hydrogen (secondary N) is 1. The van der Waals surface area contributed by atoms with Crippen molar-refractivity contribution in [2.45, 2.75) is 19.4 Å². The van der Waals surface area contributed by atoms with Crippen molar-refractivity contribution < 1.29 is 8.78 Å². The maximum absolute atomic E-state index is 13.3. The minimum atomic E-state index is -0.821. The molecular weight excluding hydrogens is 268 g/mol. The van der Waals surface area contributed by atoms with Gasteiger partial charge in [-0.15, -0.1) is 0 Å². The molecule has 2 aromatic rings. The van der Waals surface area contributed by atoms with Gasteiger partial charge in [0.05, 0.1) is 6.04 Å². The molecule has 19 heavy (non-hydrogen) atoms. The Labute approximate surface area is 115 Å². The Balaban J connectivity index is 1.95. The third-order valence-electron chi connectivity index (χ3n) is 3.47. The predicted molar refractivity (Wildman–Crippen MR) is 72.6 cm³/mol. The quantitative estimate of drug-likeness (QED) is 0.802. The van der Waals surface area contributed by atoms with Crippen molar-refractivity contribution in [3.05, 3.63) is 63.7 Å². The molecule has 0 saturated heterocycles. The van der Waals surface area contributed by atoms with Crippen LogP contribution in [-0.2, 0) is 6.42 Å². The molecule has 2 aromatic carbocycles. The third-order valence-corrected chi connectivity index (χ3v) is 3.69. The van der Waals surface area contributed by atoms with Crippen LogP contribution in [0.4, 0.5) is 14.5 Å². The summed E-state index contributed by atoms with van der Waals surface area (Å²) >= 11 is 6.03. The van der Waals surface area contributed by atoms with Gasteiger partial charge in [-0.05, 0) is 54.3 Å². The molecule has 0 bridgehead atoms. The molecule has 1 aliphatic rings. The van der Waals surface area contributed by atoms with E-state index in [0.29, 0.717) is 5.02 Å². The molecule has 98 valence electrons. The van der Waals surface area contributed by atoms with Gasteiger partial charge in [0.2, 0.25) is 0 Å². The van der Waals surface area contributed by atoms with Crippen LogP contribution in [0.15, 0.2) is 30.3 Å². The third kappa shape index (κ3) is 2.19. The highest BCUT2D eigenvalue weighted by Crippen LogP contribution is 2.38. The molecular formula is C15H12ClF2N. The zero-order chi connectivity index (χ0) is 13.6. The average Bonchev–Trinajstić information content (AvgIpc) is 2.76. The number of hydrogen-bond donors (Lipinski definition) is 1. The zero-order valence-corrected chi connectivity index (χ0v) is 11.1. The molecule has 0 amide bonds. The van der Waals surface area contributed by atoms with Crippen molar-refractivity contribution in [1.29, 1.82) is 0 Å². The van der Waals surface area contributed by atoms with Crippen molar-refractivity contribution in [3.8, 4) is 0 Å². The first kappa shape index (κ1) is 12.4. The SMILES string of the molecule is Cc1cc(Cl)cc2c1NC(c1ccc(F)c(F)c1)C2. The Morgan fingerprint density at radius 1 is 1.16 bits per heavy atom. The van der Waals surface area contributed by atoms with Crippen LogP contribution in [0.25, 0.3) is 0 Å². The van der Waals surface area contributed by atoms with E-state index in [1.165, 1.54) is 6.07 Å². The van der Waals surface area contributed by atoms with E-state index >= 15 is 0 Å². The van der Waals surface area contributed by atoms with Crippen molar-refractivity contribution in [3.63, 3.8) is 0 Å². The molecule has 0 saturated carbocycles. The van der Waals surface area contributed by atoms with Gasteiger partial charge < -0.3 is 5.32 Å². The van der Waals surface area contributed by atoms with Crippen LogP contribution in [0.2, 0.25) is 5.02 Å². The number of halogens is 3. The first-order valence-corrected chi connectivity index (χ1v) is 6.43. The summed E-state index contributed by atoms with van der Waals surface area (Å²) in [5, 5.41) is 4.04. The molecule has 0 aliphatic carbocycles. The van der Waals surface area contributed by atoms with Crippen LogP contribution in [0.3, 0.4) is 0 Å². The molecule has 0 radical (unpaired) electrons. The van der Waals surface area contributed by atoms with Gasteiger partial charge in [-0.2, -0.15) is 0 Å². The minimum Gasteiger partial charge on any atom is -0.377 e. The van der Waals surface area contributed by atoms with Gasteiger partial charge in [0, 0.05) is 10.7 Å². The van der Waals surface area contributed by atoms with Crippen LogP contribution in [0.5, 0.6) is 0 Å². The first-order chi connectivity index (χ1) is 9.04. The van der Waals surface area contributed by atoms with E-state index in [1.54, 1.807) is 6.07 Å². The molecule has 4 heteroatoms. The molecule has 1 N–H and O–H groups in total. The Morgan fingerprint density at radius 3 is 2.68 bits per heavy atom. The van der Waals surface area contributed by atoms with Crippen molar-refractivity contribution in [2.75, 3.05) is 5.32 Å². The standard InChI is InChI=1S/C15H12ClF2N/c1-8-4-11(16)5-10-7-14(19-15(8)10)9-2-3-12(17)13(18)6-9/h2-6,14,19H,7H2,1H3. The fourth-order valence-corrected chi connectivity index (χ4v) is 2.85. The highest BCUT2D eigenvalue weighted by molar-refractivity contribution is 6.30. The fourth-order valence-electron chi connectivity index (χ4n) is 2.56. The number of anilines is 1. The van der Waals surface area contributed by atoms with Crippen LogP contribution >= 0.6 is 11.6 Å². The molecule has 1 atom stereocenters. The maximum atomic E-state index is 13.3. The van der Waals surface area contributed by atoms with E-state index in [2.05, 4.69) is 5.32 Å². The normalized spacial score (nSPS) is 17.2. The van der Waals surface area contributed by atoms with Crippen molar-refractivity contribution in [2.24, 2.45) is 0 Å². The lowest BCUT2D eigenvalue weighted by molar-refractivity contribution is 0.506. The van der Waals surface area contributed by atoms with E-state index in [4.69, 9.17) is 11.6 Å². The highest BCUT2D eigenvalue weighted by atomic mass is 35.5. The van der Waals surface area contributed by atoms with E-state index in [-0.39, 0.29) is 6.04 Å². The Hall–Kier alpha value is -1.61. The van der Waals surface area contributed by atoms with Crippen LogP contribution in [0.1, 0.15) is 22.7 Å². The van der Waals surface area contributed by atoms with Gasteiger partial charge in [0.15, 0.2) is 11.6 Å². The topological polar surface area (TPSA) is 12.0 Å². The molecule has 3 rings (SSSR count). The summed E-state index contributed by atoms with van der Waals surface area (Å²) in [7, 11) is 0. The van der Waals surface area contributed by atoms with Gasteiger partial charge in [0.25, 0.3) is 0 Å². The summed E-state index contributed by atoms with van der Waals surface area (Å²) < 4.78 is 26.2. The second kappa shape index (κ2) is 4.49. The lowest BCUT2D eigenvalue weighted by atomic mass is 10.0. The summed E-state index contributed by atoms with van der Waals surface area (Å²) in [4.78, 5) is 0. The lowest BCUT2D eigenvalue weighted by Crippen LogP contribution is -2.06. The van der Waals surface area contributed by atoms with E-state index in [0.717, 1.165) is 34.9 Å².